The maximum absolute atomic E-state index is 12.3. The van der Waals surface area contributed by atoms with Crippen molar-refractivity contribution in [1.29, 1.82) is 0 Å². The summed E-state index contributed by atoms with van der Waals surface area (Å²) in [5.41, 5.74) is 6.75. The van der Waals surface area contributed by atoms with E-state index in [4.69, 9.17) is 10.5 Å². The van der Waals surface area contributed by atoms with Gasteiger partial charge in [0, 0.05) is 12.1 Å². The number of Topliss-reactive ketones (excluding diaryl/α,β-unsaturated/α-hetero) is 1. The number of para-hydroxylation sites is 1. The van der Waals surface area contributed by atoms with Crippen molar-refractivity contribution in [3.05, 3.63) is 35.9 Å². The lowest BCUT2D eigenvalue weighted by Gasteiger charge is -2.09. The predicted molar refractivity (Wildman–Crippen MR) is 75.8 cm³/mol. The van der Waals surface area contributed by atoms with Gasteiger partial charge in [-0.2, -0.15) is 5.10 Å². The normalized spacial score (nSPS) is 10.5. The van der Waals surface area contributed by atoms with E-state index in [2.05, 4.69) is 10.1 Å². The monoisotopic (exact) mass is 274 g/mol. The number of benzene rings is 1. The van der Waals surface area contributed by atoms with Crippen LogP contribution in [0.3, 0.4) is 0 Å². The van der Waals surface area contributed by atoms with Crippen LogP contribution in [-0.4, -0.2) is 27.7 Å². The molecule has 2 aromatic rings. The molecule has 0 aliphatic carbocycles. The molecule has 0 aliphatic heterocycles. The van der Waals surface area contributed by atoms with Crippen LogP contribution >= 0.6 is 0 Å². The van der Waals surface area contributed by atoms with Gasteiger partial charge >= 0.3 is 0 Å². The molecule has 0 aliphatic rings. The lowest BCUT2D eigenvalue weighted by Crippen LogP contribution is -2.13. The minimum absolute atomic E-state index is 0.0910. The van der Waals surface area contributed by atoms with Crippen LogP contribution in [0.15, 0.2) is 24.5 Å². The molecule has 1 heterocycles. The number of nitrogen functional groups attached to an aromatic ring is 1. The second kappa shape index (κ2) is 6.18. The number of carbonyl (C=O) groups excluding carboxylic acids is 1. The molecule has 2 N–H and O–H groups in total. The Morgan fingerprint density at radius 1 is 1.45 bits per heavy atom. The molecule has 0 atom stereocenters. The van der Waals surface area contributed by atoms with Crippen LogP contribution in [0, 0.1) is 0 Å². The Balaban J connectivity index is 2.22. The maximum Gasteiger partial charge on any atom is 0.172 e. The van der Waals surface area contributed by atoms with Crippen molar-refractivity contribution in [2.45, 2.75) is 26.3 Å². The lowest BCUT2D eigenvalue weighted by atomic mass is 10.1. The third kappa shape index (κ3) is 2.79. The molecule has 0 fully saturated rings. The zero-order chi connectivity index (χ0) is 14.5. The highest BCUT2D eigenvalue weighted by molar-refractivity contribution is 6.02. The smallest absolute Gasteiger partial charge is 0.172 e. The molecule has 0 amide bonds. The standard InChI is InChI=1S/C14H18N4O2/c1-3-7-18-13(16-9-17-18)8-11(19)10-5-4-6-12(20-2)14(10)15/h4-6,9H,3,7-8,15H2,1-2H3. The molecule has 20 heavy (non-hydrogen) atoms. The first-order valence-corrected chi connectivity index (χ1v) is 6.49. The molecular weight excluding hydrogens is 256 g/mol. The van der Waals surface area contributed by atoms with Crippen molar-refractivity contribution in [2.24, 2.45) is 0 Å². The summed E-state index contributed by atoms with van der Waals surface area (Å²) in [6.07, 6.45) is 2.58. The van der Waals surface area contributed by atoms with Crippen molar-refractivity contribution >= 4 is 11.5 Å². The van der Waals surface area contributed by atoms with Crippen LogP contribution in [-0.2, 0) is 13.0 Å². The van der Waals surface area contributed by atoms with E-state index < -0.39 is 0 Å². The highest BCUT2D eigenvalue weighted by Crippen LogP contribution is 2.25. The zero-order valence-corrected chi connectivity index (χ0v) is 11.7. The largest absolute Gasteiger partial charge is 0.495 e. The van der Waals surface area contributed by atoms with Gasteiger partial charge in [-0.3, -0.25) is 4.79 Å². The van der Waals surface area contributed by atoms with E-state index >= 15 is 0 Å². The summed E-state index contributed by atoms with van der Waals surface area (Å²) in [5.74, 6) is 1.07. The number of nitrogens with zero attached hydrogens (tertiary/aromatic N) is 3. The summed E-state index contributed by atoms with van der Waals surface area (Å²) >= 11 is 0. The summed E-state index contributed by atoms with van der Waals surface area (Å²) in [6.45, 7) is 2.80. The van der Waals surface area contributed by atoms with Crippen LogP contribution in [0.1, 0.15) is 29.5 Å². The number of rotatable bonds is 6. The number of aryl methyl sites for hydroxylation is 1. The number of hydrogen-bond donors (Lipinski definition) is 1. The maximum atomic E-state index is 12.3. The topological polar surface area (TPSA) is 83.0 Å². The highest BCUT2D eigenvalue weighted by Gasteiger charge is 2.16. The second-order valence-corrected chi connectivity index (χ2v) is 4.42. The first-order valence-electron chi connectivity index (χ1n) is 6.49. The van der Waals surface area contributed by atoms with Crippen molar-refractivity contribution in [3.8, 4) is 5.75 Å². The molecule has 0 radical (unpaired) electrons. The number of nitrogens with two attached hydrogens (primary N) is 1. The summed E-state index contributed by atoms with van der Waals surface area (Å²) in [5, 5.41) is 4.11. The fourth-order valence-electron chi connectivity index (χ4n) is 2.03. The Bertz CT molecular complexity index is 607. The Kier molecular flexibility index (Phi) is 4.34. The van der Waals surface area contributed by atoms with Crippen molar-refractivity contribution in [1.82, 2.24) is 14.8 Å². The molecule has 1 aromatic carbocycles. The van der Waals surface area contributed by atoms with E-state index in [1.807, 2.05) is 6.92 Å². The third-order valence-corrected chi connectivity index (χ3v) is 3.04. The van der Waals surface area contributed by atoms with Gasteiger partial charge in [-0.15, -0.1) is 0 Å². The van der Waals surface area contributed by atoms with E-state index in [1.54, 1.807) is 22.9 Å². The molecular formula is C14H18N4O2. The van der Waals surface area contributed by atoms with Gasteiger partial charge in [0.2, 0.25) is 0 Å². The first kappa shape index (κ1) is 14.0. The highest BCUT2D eigenvalue weighted by atomic mass is 16.5. The molecule has 0 spiro atoms. The fraction of sp³-hybridized carbons (Fsp3) is 0.357. The van der Waals surface area contributed by atoms with E-state index in [0.29, 0.717) is 22.8 Å². The Hall–Kier alpha value is -2.37. The van der Waals surface area contributed by atoms with E-state index in [-0.39, 0.29) is 12.2 Å². The number of carbonyl (C=O) groups is 1. The Labute approximate surface area is 117 Å². The molecule has 6 nitrogen and oxygen atoms in total. The van der Waals surface area contributed by atoms with Crippen molar-refractivity contribution < 1.29 is 9.53 Å². The van der Waals surface area contributed by atoms with E-state index in [0.717, 1.165) is 13.0 Å². The summed E-state index contributed by atoms with van der Waals surface area (Å²) < 4.78 is 6.87. The number of aromatic nitrogens is 3. The molecule has 6 heteroatoms. The van der Waals surface area contributed by atoms with Gasteiger partial charge in [0.1, 0.15) is 17.9 Å². The van der Waals surface area contributed by atoms with Crippen molar-refractivity contribution in [3.63, 3.8) is 0 Å². The van der Waals surface area contributed by atoms with Gasteiger partial charge in [0.05, 0.1) is 19.2 Å². The quantitative estimate of drug-likeness (QED) is 0.640. The van der Waals surface area contributed by atoms with Crippen LogP contribution < -0.4 is 10.5 Å². The van der Waals surface area contributed by atoms with Crippen LogP contribution in [0.25, 0.3) is 0 Å². The molecule has 0 saturated heterocycles. The SMILES string of the molecule is CCCn1ncnc1CC(=O)c1cccc(OC)c1N. The molecule has 1 aromatic heterocycles. The number of methoxy groups -OCH3 is 1. The predicted octanol–water partition coefficient (Wildman–Crippen LogP) is 1.70. The lowest BCUT2D eigenvalue weighted by molar-refractivity contribution is 0.0990. The average Bonchev–Trinajstić information content (AvgIpc) is 2.86. The van der Waals surface area contributed by atoms with Crippen LogP contribution in [0.2, 0.25) is 0 Å². The van der Waals surface area contributed by atoms with Gasteiger partial charge in [-0.1, -0.05) is 13.0 Å². The Morgan fingerprint density at radius 3 is 2.95 bits per heavy atom. The summed E-state index contributed by atoms with van der Waals surface area (Å²) in [4.78, 5) is 16.5. The van der Waals surface area contributed by atoms with E-state index in [1.165, 1.54) is 13.4 Å². The molecule has 2 rings (SSSR count). The number of anilines is 1. The Morgan fingerprint density at radius 2 is 2.25 bits per heavy atom. The molecule has 0 unspecified atom stereocenters. The first-order chi connectivity index (χ1) is 9.67. The van der Waals surface area contributed by atoms with Crippen LogP contribution in [0.5, 0.6) is 5.75 Å². The number of ether oxygens (including phenoxy) is 1. The zero-order valence-electron chi connectivity index (χ0n) is 11.7. The van der Waals surface area contributed by atoms with E-state index in [9.17, 15) is 4.79 Å². The summed E-state index contributed by atoms with van der Waals surface area (Å²) in [7, 11) is 1.53. The van der Waals surface area contributed by atoms with Crippen molar-refractivity contribution in [2.75, 3.05) is 12.8 Å². The minimum atomic E-state index is -0.0910. The molecule has 0 saturated carbocycles. The van der Waals surface area contributed by atoms with Gasteiger partial charge in [0.25, 0.3) is 0 Å². The van der Waals surface area contributed by atoms with Gasteiger partial charge in [-0.05, 0) is 18.6 Å². The van der Waals surface area contributed by atoms with Gasteiger partial charge in [-0.25, -0.2) is 9.67 Å². The number of ketones is 1. The molecule has 106 valence electrons. The second-order valence-electron chi connectivity index (χ2n) is 4.42. The third-order valence-electron chi connectivity index (χ3n) is 3.04. The van der Waals surface area contributed by atoms with Gasteiger partial charge < -0.3 is 10.5 Å². The molecule has 0 bridgehead atoms. The summed E-state index contributed by atoms with van der Waals surface area (Å²) in [6, 6.07) is 5.17. The van der Waals surface area contributed by atoms with Gasteiger partial charge in [0.15, 0.2) is 5.78 Å². The fourth-order valence-corrected chi connectivity index (χ4v) is 2.03. The minimum Gasteiger partial charge on any atom is -0.495 e. The average molecular weight is 274 g/mol. The van der Waals surface area contributed by atoms with Crippen LogP contribution in [0.4, 0.5) is 5.69 Å². The number of hydrogen-bond acceptors (Lipinski definition) is 5.